The molecular weight excluding hydrogens is 194 g/mol. The number of fused-ring (bicyclic) bond motifs is 1. The lowest BCUT2D eigenvalue weighted by atomic mass is 10.0. The summed E-state index contributed by atoms with van der Waals surface area (Å²) in [5.74, 6) is -0.789. The maximum absolute atomic E-state index is 11.7. The number of pyridine rings is 1. The predicted octanol–water partition coefficient (Wildman–Crippen LogP) is 1.13. The van der Waals surface area contributed by atoms with Crippen LogP contribution in [0.4, 0.5) is 0 Å². The van der Waals surface area contributed by atoms with E-state index in [9.17, 15) is 9.59 Å². The van der Waals surface area contributed by atoms with Gasteiger partial charge in [-0.2, -0.15) is 0 Å². The van der Waals surface area contributed by atoms with E-state index in [0.29, 0.717) is 5.92 Å². The van der Waals surface area contributed by atoms with Crippen molar-refractivity contribution in [2.45, 2.75) is 25.7 Å². The van der Waals surface area contributed by atoms with Crippen LogP contribution in [0, 0.1) is 0 Å². The van der Waals surface area contributed by atoms with E-state index in [1.54, 1.807) is 7.05 Å². The number of hydrogen-bond donors (Lipinski definition) is 1. The molecule has 1 N–H and O–H groups in total. The molecule has 1 atom stereocenters. The second kappa shape index (κ2) is 3.22. The van der Waals surface area contributed by atoms with E-state index < -0.39 is 11.5 Å². The van der Waals surface area contributed by atoms with Crippen LogP contribution >= 0.6 is 0 Å². The van der Waals surface area contributed by atoms with E-state index in [1.807, 2.05) is 0 Å². The van der Waals surface area contributed by atoms with Crippen molar-refractivity contribution < 1.29 is 9.90 Å². The Hall–Kier alpha value is -1.58. The molecule has 0 saturated heterocycles. The third-order valence-electron chi connectivity index (χ3n) is 3.15. The molecule has 0 unspecified atom stereocenters. The first-order valence-electron chi connectivity index (χ1n) is 4.98. The third-order valence-corrected chi connectivity index (χ3v) is 3.15. The molecule has 0 aromatic carbocycles. The number of carboxylic acid groups (broad SMARTS) is 1. The molecule has 2 rings (SSSR count). The summed E-state index contributed by atoms with van der Waals surface area (Å²) in [5, 5.41) is 8.89. The molecule has 0 spiro atoms. The average Bonchev–Trinajstić information content (AvgIpc) is 2.53. The first-order valence-corrected chi connectivity index (χ1v) is 4.98. The Kier molecular flexibility index (Phi) is 2.14. The zero-order chi connectivity index (χ0) is 11.2. The molecule has 0 aliphatic heterocycles. The van der Waals surface area contributed by atoms with Crippen LogP contribution in [-0.4, -0.2) is 15.6 Å². The summed E-state index contributed by atoms with van der Waals surface area (Å²) >= 11 is 0. The van der Waals surface area contributed by atoms with Crippen LogP contribution in [0.2, 0.25) is 0 Å². The van der Waals surface area contributed by atoms with Crippen LogP contribution in [-0.2, 0) is 13.5 Å². The Morgan fingerprint density at radius 2 is 2.27 bits per heavy atom. The van der Waals surface area contributed by atoms with Crippen LogP contribution in [0.25, 0.3) is 0 Å². The molecule has 1 aliphatic rings. The lowest BCUT2D eigenvalue weighted by molar-refractivity contribution is 0.0694. The van der Waals surface area contributed by atoms with E-state index in [4.69, 9.17) is 5.11 Å². The van der Waals surface area contributed by atoms with Gasteiger partial charge in [0, 0.05) is 12.7 Å². The van der Waals surface area contributed by atoms with Crippen LogP contribution in [0.1, 0.15) is 40.9 Å². The van der Waals surface area contributed by atoms with Gasteiger partial charge in [-0.25, -0.2) is 4.79 Å². The molecular formula is C11H13NO3. The van der Waals surface area contributed by atoms with Gasteiger partial charge < -0.3 is 9.67 Å². The normalized spacial score (nSPS) is 18.9. The maximum Gasteiger partial charge on any atom is 0.341 e. The van der Waals surface area contributed by atoms with Crippen molar-refractivity contribution in [2.24, 2.45) is 7.05 Å². The van der Waals surface area contributed by atoms with Crippen molar-refractivity contribution in [2.75, 3.05) is 0 Å². The van der Waals surface area contributed by atoms with Crippen molar-refractivity contribution in [1.29, 1.82) is 0 Å². The SMILES string of the molecule is C[C@@H]1CCc2c1cc(C(=O)O)c(=O)n2C. The van der Waals surface area contributed by atoms with Crippen LogP contribution < -0.4 is 5.56 Å². The first-order chi connectivity index (χ1) is 7.02. The molecule has 1 heterocycles. The Bertz CT molecular complexity index is 487. The Morgan fingerprint density at radius 3 is 2.87 bits per heavy atom. The zero-order valence-corrected chi connectivity index (χ0v) is 8.78. The highest BCUT2D eigenvalue weighted by Crippen LogP contribution is 2.31. The van der Waals surface area contributed by atoms with E-state index in [2.05, 4.69) is 6.92 Å². The summed E-state index contributed by atoms with van der Waals surface area (Å²) in [7, 11) is 1.64. The zero-order valence-electron chi connectivity index (χ0n) is 8.78. The minimum Gasteiger partial charge on any atom is -0.477 e. The number of carbonyl (C=O) groups is 1. The van der Waals surface area contributed by atoms with Gasteiger partial charge >= 0.3 is 5.97 Å². The van der Waals surface area contributed by atoms with Gasteiger partial charge in [-0.3, -0.25) is 4.79 Å². The monoisotopic (exact) mass is 207 g/mol. The Labute approximate surface area is 87.2 Å². The third kappa shape index (κ3) is 1.37. The van der Waals surface area contributed by atoms with E-state index in [0.717, 1.165) is 24.1 Å². The molecule has 0 bridgehead atoms. The molecule has 0 fully saturated rings. The van der Waals surface area contributed by atoms with Gasteiger partial charge in [0.15, 0.2) is 0 Å². The van der Waals surface area contributed by atoms with Crippen LogP contribution in [0.15, 0.2) is 10.9 Å². The van der Waals surface area contributed by atoms with E-state index in [1.165, 1.54) is 10.6 Å². The maximum atomic E-state index is 11.7. The average molecular weight is 207 g/mol. The molecule has 4 heteroatoms. The van der Waals surface area contributed by atoms with Gasteiger partial charge in [0.2, 0.25) is 0 Å². The molecule has 1 aromatic heterocycles. The van der Waals surface area contributed by atoms with Gasteiger partial charge in [-0.05, 0) is 30.4 Å². The second-order valence-electron chi connectivity index (χ2n) is 4.07. The number of rotatable bonds is 1. The second-order valence-corrected chi connectivity index (χ2v) is 4.07. The predicted molar refractivity (Wildman–Crippen MR) is 55.4 cm³/mol. The summed E-state index contributed by atoms with van der Waals surface area (Å²) in [6, 6.07) is 1.54. The molecule has 0 saturated carbocycles. The minimum absolute atomic E-state index is 0.120. The van der Waals surface area contributed by atoms with Gasteiger partial charge in [0.05, 0.1) is 0 Å². The molecule has 80 valence electrons. The van der Waals surface area contributed by atoms with Gasteiger partial charge in [0.1, 0.15) is 5.56 Å². The topological polar surface area (TPSA) is 59.3 Å². The summed E-state index contributed by atoms with van der Waals surface area (Å²) < 4.78 is 1.47. The fourth-order valence-electron chi connectivity index (χ4n) is 2.20. The van der Waals surface area contributed by atoms with Gasteiger partial charge in [-0.1, -0.05) is 6.92 Å². The Balaban J connectivity index is 2.74. The summed E-state index contributed by atoms with van der Waals surface area (Å²) in [5.41, 5.74) is 1.47. The number of hydrogen-bond acceptors (Lipinski definition) is 2. The molecule has 4 nitrogen and oxygen atoms in total. The molecule has 1 aliphatic carbocycles. The number of aromatic nitrogens is 1. The minimum atomic E-state index is -1.14. The molecule has 0 amide bonds. The highest BCUT2D eigenvalue weighted by Gasteiger charge is 2.24. The van der Waals surface area contributed by atoms with Crippen molar-refractivity contribution in [3.63, 3.8) is 0 Å². The number of aromatic carboxylic acids is 1. The highest BCUT2D eigenvalue weighted by molar-refractivity contribution is 5.87. The lowest BCUT2D eigenvalue weighted by Gasteiger charge is -2.09. The quantitative estimate of drug-likeness (QED) is 0.751. The lowest BCUT2D eigenvalue weighted by Crippen LogP contribution is -2.26. The fourth-order valence-corrected chi connectivity index (χ4v) is 2.20. The molecule has 1 aromatic rings. The summed E-state index contributed by atoms with van der Waals surface area (Å²) in [6.07, 6.45) is 1.85. The van der Waals surface area contributed by atoms with Crippen molar-refractivity contribution in [3.05, 3.63) is 33.2 Å². The molecule has 15 heavy (non-hydrogen) atoms. The Morgan fingerprint density at radius 1 is 1.60 bits per heavy atom. The van der Waals surface area contributed by atoms with Crippen molar-refractivity contribution >= 4 is 5.97 Å². The van der Waals surface area contributed by atoms with Crippen molar-refractivity contribution in [3.8, 4) is 0 Å². The number of nitrogens with zero attached hydrogens (tertiary/aromatic N) is 1. The highest BCUT2D eigenvalue weighted by atomic mass is 16.4. The number of carboxylic acids is 1. The van der Waals surface area contributed by atoms with Crippen LogP contribution in [0.3, 0.4) is 0 Å². The first kappa shape index (κ1) is 9.96. The van der Waals surface area contributed by atoms with Crippen LogP contribution in [0.5, 0.6) is 0 Å². The van der Waals surface area contributed by atoms with Gasteiger partial charge in [0.25, 0.3) is 5.56 Å². The fraction of sp³-hybridized carbons (Fsp3) is 0.455. The van der Waals surface area contributed by atoms with E-state index in [-0.39, 0.29) is 5.56 Å². The summed E-state index contributed by atoms with van der Waals surface area (Å²) in [6.45, 7) is 2.06. The largest absolute Gasteiger partial charge is 0.477 e. The smallest absolute Gasteiger partial charge is 0.341 e. The summed E-state index contributed by atoms with van der Waals surface area (Å²) in [4.78, 5) is 22.5. The van der Waals surface area contributed by atoms with E-state index >= 15 is 0 Å². The molecule has 0 radical (unpaired) electrons. The van der Waals surface area contributed by atoms with Gasteiger partial charge in [-0.15, -0.1) is 0 Å². The standard InChI is InChI=1S/C11H13NO3/c1-6-3-4-9-7(6)5-8(11(14)15)10(13)12(9)2/h5-6H,3-4H2,1-2H3,(H,14,15)/t6-/m1/s1. The van der Waals surface area contributed by atoms with Crippen molar-refractivity contribution in [1.82, 2.24) is 4.57 Å².